The minimum atomic E-state index is 0. The zero-order valence-corrected chi connectivity index (χ0v) is 18.2. The first kappa shape index (κ1) is 22.2. The molecule has 0 saturated carbocycles. The summed E-state index contributed by atoms with van der Waals surface area (Å²) in [6, 6.07) is 0.505. The molecule has 2 heterocycles. The zero-order valence-electron chi connectivity index (χ0n) is 15.9. The van der Waals surface area contributed by atoms with Crippen LogP contribution in [0.5, 0.6) is 0 Å². The van der Waals surface area contributed by atoms with E-state index >= 15 is 0 Å². The monoisotopic (exact) mass is 464 g/mol. The lowest BCUT2D eigenvalue weighted by molar-refractivity contribution is 0.0132. The third-order valence-electron chi connectivity index (χ3n) is 4.25. The van der Waals surface area contributed by atoms with Crippen LogP contribution < -0.4 is 10.6 Å². The van der Waals surface area contributed by atoms with Gasteiger partial charge in [0, 0.05) is 58.1 Å². The first-order valence-electron chi connectivity index (χ1n) is 8.82. The van der Waals surface area contributed by atoms with E-state index in [1.165, 1.54) is 6.42 Å². The highest BCUT2D eigenvalue weighted by atomic mass is 127. The Labute approximate surface area is 168 Å². The highest BCUT2D eigenvalue weighted by Gasteiger charge is 2.22. The Kier molecular flexibility index (Phi) is 10.4. The van der Waals surface area contributed by atoms with E-state index in [0.29, 0.717) is 12.0 Å². The molecule has 2 rings (SSSR count). The number of morpholine rings is 1. The van der Waals surface area contributed by atoms with E-state index in [1.807, 2.05) is 31.2 Å². The molecular formula is C17H33IN6O. The van der Waals surface area contributed by atoms with Crippen LogP contribution in [0.15, 0.2) is 17.4 Å². The number of nitrogens with zero attached hydrogens (tertiary/aromatic N) is 4. The Morgan fingerprint density at radius 2 is 2.04 bits per heavy atom. The van der Waals surface area contributed by atoms with Crippen molar-refractivity contribution in [2.24, 2.45) is 18.0 Å². The van der Waals surface area contributed by atoms with E-state index in [1.54, 1.807) is 0 Å². The lowest BCUT2D eigenvalue weighted by atomic mass is 10.0. The quantitative estimate of drug-likeness (QED) is 0.364. The Morgan fingerprint density at radius 1 is 1.32 bits per heavy atom. The maximum atomic E-state index is 5.49. The van der Waals surface area contributed by atoms with Crippen LogP contribution in [0.1, 0.15) is 25.8 Å². The predicted octanol–water partition coefficient (Wildman–Crippen LogP) is 1.45. The van der Waals surface area contributed by atoms with Gasteiger partial charge in [0.05, 0.1) is 19.4 Å². The van der Waals surface area contributed by atoms with Gasteiger partial charge in [-0.05, 0) is 12.3 Å². The van der Waals surface area contributed by atoms with Gasteiger partial charge in [0.25, 0.3) is 0 Å². The number of ether oxygens (including phenoxy) is 1. The number of nitrogens with one attached hydrogen (secondary N) is 2. The van der Waals surface area contributed by atoms with E-state index in [4.69, 9.17) is 4.74 Å². The fourth-order valence-corrected chi connectivity index (χ4v) is 3.03. The maximum Gasteiger partial charge on any atom is 0.191 e. The van der Waals surface area contributed by atoms with Crippen LogP contribution in [0.2, 0.25) is 0 Å². The number of hydrogen-bond donors (Lipinski definition) is 2. The molecule has 1 fully saturated rings. The normalized spacial score (nSPS) is 17.2. The number of aromatic nitrogens is 2. The summed E-state index contributed by atoms with van der Waals surface area (Å²) in [5.74, 6) is 1.51. The number of halogens is 1. The number of aliphatic imine (C=N–C) groups is 1. The molecule has 144 valence electrons. The van der Waals surface area contributed by atoms with Crippen LogP contribution in [0.4, 0.5) is 0 Å². The third kappa shape index (κ3) is 7.91. The fraction of sp³-hybridized carbons (Fsp3) is 0.765. The van der Waals surface area contributed by atoms with Gasteiger partial charge in [0.15, 0.2) is 5.96 Å². The van der Waals surface area contributed by atoms with Crippen molar-refractivity contribution in [1.29, 1.82) is 0 Å². The molecule has 8 heteroatoms. The van der Waals surface area contributed by atoms with E-state index in [9.17, 15) is 0 Å². The van der Waals surface area contributed by atoms with Gasteiger partial charge in [-0.3, -0.25) is 14.6 Å². The Hall–Kier alpha value is -0.870. The minimum absolute atomic E-state index is 0. The van der Waals surface area contributed by atoms with Gasteiger partial charge in [-0.2, -0.15) is 5.10 Å². The molecule has 0 aromatic carbocycles. The Bertz CT molecular complexity index is 513. The first-order valence-corrected chi connectivity index (χ1v) is 8.82. The summed E-state index contributed by atoms with van der Waals surface area (Å²) in [6.07, 6.45) is 5.05. The summed E-state index contributed by atoms with van der Waals surface area (Å²) in [6.45, 7) is 9.88. The van der Waals surface area contributed by atoms with E-state index in [-0.39, 0.29) is 24.0 Å². The van der Waals surface area contributed by atoms with Gasteiger partial charge >= 0.3 is 0 Å². The molecule has 1 saturated heterocycles. The molecule has 0 radical (unpaired) electrons. The lowest BCUT2D eigenvalue weighted by Crippen LogP contribution is -2.50. The van der Waals surface area contributed by atoms with Gasteiger partial charge in [-0.25, -0.2) is 0 Å². The molecule has 1 atom stereocenters. The average molecular weight is 464 g/mol. The molecule has 1 unspecified atom stereocenters. The highest BCUT2D eigenvalue weighted by Crippen LogP contribution is 2.13. The molecule has 0 amide bonds. The van der Waals surface area contributed by atoms with Crippen LogP contribution in [-0.4, -0.2) is 66.6 Å². The van der Waals surface area contributed by atoms with Crippen LogP contribution >= 0.6 is 24.0 Å². The summed E-state index contributed by atoms with van der Waals surface area (Å²) in [7, 11) is 3.74. The van der Waals surface area contributed by atoms with Gasteiger partial charge < -0.3 is 15.4 Å². The number of rotatable bonds is 7. The summed E-state index contributed by atoms with van der Waals surface area (Å²) >= 11 is 0. The second kappa shape index (κ2) is 11.7. The van der Waals surface area contributed by atoms with Crippen molar-refractivity contribution in [3.05, 3.63) is 18.0 Å². The summed E-state index contributed by atoms with van der Waals surface area (Å²) in [4.78, 5) is 6.86. The van der Waals surface area contributed by atoms with Crippen LogP contribution in [0, 0.1) is 5.92 Å². The Balaban J connectivity index is 0.00000312. The lowest BCUT2D eigenvalue weighted by Gasteiger charge is -2.35. The summed E-state index contributed by atoms with van der Waals surface area (Å²) in [5.41, 5.74) is 1.15. The van der Waals surface area contributed by atoms with Crippen molar-refractivity contribution in [1.82, 2.24) is 25.3 Å². The first-order chi connectivity index (χ1) is 11.6. The topological polar surface area (TPSA) is 66.7 Å². The molecule has 0 bridgehead atoms. The SMILES string of the molecule is CN=C(NCc1cnn(C)c1)NCC(CC(C)C)N1CCOCC1.I. The molecule has 25 heavy (non-hydrogen) atoms. The molecule has 1 aliphatic rings. The van der Waals surface area contributed by atoms with Gasteiger partial charge in [0.2, 0.25) is 0 Å². The molecule has 2 N–H and O–H groups in total. The molecule has 7 nitrogen and oxygen atoms in total. The smallest absolute Gasteiger partial charge is 0.191 e. The van der Waals surface area contributed by atoms with Crippen molar-refractivity contribution in [3.63, 3.8) is 0 Å². The molecule has 1 aromatic rings. The second-order valence-electron chi connectivity index (χ2n) is 6.76. The standard InChI is InChI=1S/C17H32N6O.HI/c1-14(2)9-16(23-5-7-24-8-6-23)12-20-17(18-3)19-10-15-11-21-22(4)13-15;/h11,13-14,16H,5-10,12H2,1-4H3,(H2,18,19,20);1H. The fourth-order valence-electron chi connectivity index (χ4n) is 3.03. The molecule has 0 aliphatic carbocycles. The average Bonchev–Trinajstić information content (AvgIpc) is 2.99. The number of hydrogen-bond acceptors (Lipinski definition) is 4. The number of aryl methyl sites for hydroxylation is 1. The summed E-state index contributed by atoms with van der Waals surface area (Å²) < 4.78 is 7.29. The molecule has 0 spiro atoms. The predicted molar refractivity (Wildman–Crippen MR) is 112 cm³/mol. The van der Waals surface area contributed by atoms with Crippen LogP contribution in [0.25, 0.3) is 0 Å². The highest BCUT2D eigenvalue weighted by molar-refractivity contribution is 14.0. The van der Waals surface area contributed by atoms with E-state index in [0.717, 1.165) is 50.9 Å². The minimum Gasteiger partial charge on any atom is -0.379 e. The zero-order chi connectivity index (χ0) is 17.4. The largest absolute Gasteiger partial charge is 0.379 e. The van der Waals surface area contributed by atoms with Crippen molar-refractivity contribution >= 4 is 29.9 Å². The Morgan fingerprint density at radius 3 is 2.60 bits per heavy atom. The summed E-state index contributed by atoms with van der Waals surface area (Å²) in [5, 5.41) is 11.0. The van der Waals surface area contributed by atoms with Gasteiger partial charge in [-0.15, -0.1) is 24.0 Å². The van der Waals surface area contributed by atoms with Crippen molar-refractivity contribution in [2.45, 2.75) is 32.9 Å². The van der Waals surface area contributed by atoms with E-state index < -0.39 is 0 Å². The second-order valence-corrected chi connectivity index (χ2v) is 6.76. The van der Waals surface area contributed by atoms with Gasteiger partial charge in [-0.1, -0.05) is 13.8 Å². The van der Waals surface area contributed by atoms with Crippen molar-refractivity contribution < 1.29 is 4.74 Å². The van der Waals surface area contributed by atoms with E-state index in [2.05, 4.69) is 39.5 Å². The van der Waals surface area contributed by atoms with Crippen LogP contribution in [0.3, 0.4) is 0 Å². The van der Waals surface area contributed by atoms with Crippen molar-refractivity contribution in [3.8, 4) is 0 Å². The van der Waals surface area contributed by atoms with Crippen molar-refractivity contribution in [2.75, 3.05) is 39.9 Å². The third-order valence-corrected chi connectivity index (χ3v) is 4.25. The number of guanidine groups is 1. The molecule has 1 aliphatic heterocycles. The maximum absolute atomic E-state index is 5.49. The van der Waals surface area contributed by atoms with Gasteiger partial charge in [0.1, 0.15) is 0 Å². The van der Waals surface area contributed by atoms with Crippen LogP contribution in [-0.2, 0) is 18.3 Å². The molecular weight excluding hydrogens is 431 g/mol. The molecule has 1 aromatic heterocycles.